The number of hydrogen-bond donors (Lipinski definition) is 0. The normalized spacial score (nSPS) is 33.6. The number of imide groups is 1. The number of carbonyl (C=O) groups excluding carboxylic acids is 3. The maximum atomic E-state index is 13.4. The maximum Gasteiger partial charge on any atom is 0.471 e. The molecule has 158 valence electrons. The van der Waals surface area contributed by atoms with E-state index in [1.54, 1.807) is 19.9 Å². The van der Waals surface area contributed by atoms with Crippen molar-refractivity contribution in [3.05, 3.63) is 41.5 Å². The Balaban J connectivity index is 1.49. The van der Waals surface area contributed by atoms with Crippen LogP contribution in [0.2, 0.25) is 0 Å². The largest absolute Gasteiger partial charge is 0.471 e. The minimum absolute atomic E-state index is 0.0224. The van der Waals surface area contributed by atoms with Crippen LogP contribution in [0.1, 0.15) is 17.5 Å². The summed E-state index contributed by atoms with van der Waals surface area (Å²) in [5, 5.41) is 0. The molecule has 5 nitrogen and oxygen atoms in total. The van der Waals surface area contributed by atoms with E-state index in [2.05, 4.69) is 0 Å². The fourth-order valence-electron chi connectivity index (χ4n) is 5.82. The van der Waals surface area contributed by atoms with Gasteiger partial charge in [0.2, 0.25) is 11.8 Å². The van der Waals surface area contributed by atoms with Crippen molar-refractivity contribution in [3.8, 4) is 0 Å². The molecule has 30 heavy (non-hydrogen) atoms. The van der Waals surface area contributed by atoms with Gasteiger partial charge in [-0.15, -0.1) is 0 Å². The molecular formula is C22H21F3N2O3. The van der Waals surface area contributed by atoms with Crippen LogP contribution in [0.15, 0.2) is 30.4 Å². The number of allylic oxidation sites excluding steroid dienone is 2. The Morgan fingerprint density at radius 1 is 1.00 bits per heavy atom. The summed E-state index contributed by atoms with van der Waals surface area (Å²) < 4.78 is 40.1. The fraction of sp³-hybridized carbons (Fsp3) is 0.500. The summed E-state index contributed by atoms with van der Waals surface area (Å²) in [6, 6.07) is 4.68. The molecule has 0 aromatic heterocycles. The first kappa shape index (κ1) is 19.3. The van der Waals surface area contributed by atoms with E-state index in [9.17, 15) is 27.6 Å². The highest BCUT2D eigenvalue weighted by Crippen LogP contribution is 2.65. The van der Waals surface area contributed by atoms with Crippen molar-refractivity contribution in [1.29, 1.82) is 0 Å². The number of hydrogen-bond acceptors (Lipinski definition) is 3. The van der Waals surface area contributed by atoms with Gasteiger partial charge in [-0.1, -0.05) is 18.2 Å². The summed E-state index contributed by atoms with van der Waals surface area (Å²) in [4.78, 5) is 39.9. The number of benzene rings is 1. The number of anilines is 1. The van der Waals surface area contributed by atoms with Crippen molar-refractivity contribution in [3.63, 3.8) is 0 Å². The van der Waals surface area contributed by atoms with Crippen LogP contribution in [0, 0.1) is 49.4 Å². The van der Waals surface area contributed by atoms with E-state index in [0.717, 1.165) is 11.3 Å². The summed E-state index contributed by atoms with van der Waals surface area (Å²) in [6.45, 7) is 2.70. The van der Waals surface area contributed by atoms with Gasteiger partial charge in [0.25, 0.3) is 0 Å². The van der Waals surface area contributed by atoms with Gasteiger partial charge in [-0.05, 0) is 67.2 Å². The summed E-state index contributed by atoms with van der Waals surface area (Å²) in [5.74, 6) is -3.31. The van der Waals surface area contributed by atoms with E-state index in [-0.39, 0.29) is 17.5 Å². The molecule has 3 fully saturated rings. The van der Waals surface area contributed by atoms with Crippen LogP contribution in [0.3, 0.4) is 0 Å². The van der Waals surface area contributed by atoms with Gasteiger partial charge in [0.1, 0.15) is 6.67 Å². The second-order valence-electron chi connectivity index (χ2n) is 8.98. The molecule has 1 aliphatic heterocycles. The van der Waals surface area contributed by atoms with Crippen molar-refractivity contribution < 1.29 is 27.6 Å². The quantitative estimate of drug-likeness (QED) is 0.560. The molecule has 3 amide bonds. The van der Waals surface area contributed by atoms with E-state index in [1.165, 1.54) is 12.1 Å². The summed E-state index contributed by atoms with van der Waals surface area (Å²) in [7, 11) is 0. The van der Waals surface area contributed by atoms with E-state index in [4.69, 9.17) is 0 Å². The molecule has 0 N–H and O–H groups in total. The lowest BCUT2D eigenvalue weighted by Crippen LogP contribution is -2.49. The van der Waals surface area contributed by atoms with Crippen LogP contribution in [-0.4, -0.2) is 35.5 Å². The smallest absolute Gasteiger partial charge is 0.286 e. The molecule has 0 unspecified atom stereocenters. The Morgan fingerprint density at radius 2 is 1.50 bits per heavy atom. The standard InChI is InChI=1S/C22H21F3N2O3/c1-10-5-11(2)7-12(6-10)26(21(30)22(23,24)25)9-27-19(28)17-13-3-4-14(16-8-15(13)16)18(17)20(27)29/h3-7,13-18H,8-9H2,1-2H3/t13-,14+,15-,16-,17+,18-/m1/s1. The molecule has 8 heteroatoms. The average molecular weight is 418 g/mol. The van der Waals surface area contributed by atoms with Gasteiger partial charge in [-0.25, -0.2) is 0 Å². The lowest BCUT2D eigenvalue weighted by atomic mass is 9.63. The van der Waals surface area contributed by atoms with Gasteiger partial charge in [0.05, 0.1) is 11.8 Å². The zero-order valence-electron chi connectivity index (χ0n) is 16.5. The zero-order chi connectivity index (χ0) is 21.5. The Kier molecular flexibility index (Phi) is 3.98. The number of rotatable bonds is 3. The van der Waals surface area contributed by atoms with Crippen LogP contribution < -0.4 is 4.90 Å². The lowest BCUT2D eigenvalue weighted by molar-refractivity contribution is -0.171. The third kappa shape index (κ3) is 2.72. The molecule has 2 saturated carbocycles. The zero-order valence-corrected chi connectivity index (χ0v) is 16.5. The third-order valence-electron chi connectivity index (χ3n) is 7.04. The van der Waals surface area contributed by atoms with Gasteiger partial charge < -0.3 is 0 Å². The maximum absolute atomic E-state index is 13.4. The van der Waals surface area contributed by atoms with Gasteiger partial charge in [0.15, 0.2) is 0 Å². The highest BCUT2D eigenvalue weighted by Gasteiger charge is 2.67. The van der Waals surface area contributed by atoms with Gasteiger partial charge in [-0.3, -0.25) is 24.2 Å². The molecular weight excluding hydrogens is 397 g/mol. The first-order valence-corrected chi connectivity index (χ1v) is 10.1. The number of alkyl halides is 3. The number of nitrogens with zero attached hydrogens (tertiary/aromatic N) is 2. The van der Waals surface area contributed by atoms with Crippen molar-refractivity contribution in [2.75, 3.05) is 11.6 Å². The predicted octanol–water partition coefficient (Wildman–Crippen LogP) is 3.21. The molecule has 5 aliphatic rings. The van der Waals surface area contributed by atoms with Gasteiger partial charge >= 0.3 is 12.1 Å². The molecule has 0 spiro atoms. The van der Waals surface area contributed by atoms with Crippen LogP contribution in [0.5, 0.6) is 0 Å². The first-order valence-electron chi connectivity index (χ1n) is 10.1. The molecule has 1 heterocycles. The van der Waals surface area contributed by atoms with Crippen molar-refractivity contribution in [2.45, 2.75) is 26.4 Å². The number of amides is 3. The Hall–Kier alpha value is -2.64. The molecule has 4 aliphatic carbocycles. The Labute approximate surface area is 171 Å². The number of halogens is 3. The highest BCUT2D eigenvalue weighted by atomic mass is 19.4. The number of likely N-dealkylation sites (tertiary alicyclic amines) is 1. The van der Waals surface area contributed by atoms with Crippen LogP contribution in [-0.2, 0) is 14.4 Å². The molecule has 1 aromatic carbocycles. The van der Waals surface area contributed by atoms with E-state index in [0.29, 0.717) is 27.9 Å². The van der Waals surface area contributed by atoms with Crippen LogP contribution >= 0.6 is 0 Å². The molecule has 0 radical (unpaired) electrons. The Bertz CT molecular complexity index is 946. The van der Waals surface area contributed by atoms with E-state index >= 15 is 0 Å². The van der Waals surface area contributed by atoms with E-state index in [1.807, 2.05) is 12.2 Å². The number of carbonyl (C=O) groups is 3. The second kappa shape index (κ2) is 6.18. The average Bonchev–Trinajstić information content (AvgIpc) is 3.44. The minimum Gasteiger partial charge on any atom is -0.286 e. The first-order chi connectivity index (χ1) is 14.1. The molecule has 2 bridgehead atoms. The third-order valence-corrected chi connectivity index (χ3v) is 7.04. The molecule has 1 saturated heterocycles. The lowest BCUT2D eigenvalue weighted by Gasteiger charge is -2.37. The van der Waals surface area contributed by atoms with Crippen molar-refractivity contribution >= 4 is 23.4 Å². The monoisotopic (exact) mass is 418 g/mol. The topological polar surface area (TPSA) is 57.7 Å². The predicted molar refractivity (Wildman–Crippen MR) is 101 cm³/mol. The fourth-order valence-corrected chi connectivity index (χ4v) is 5.82. The SMILES string of the molecule is Cc1cc(C)cc(N(CN2C(=O)[C@@H]3[C@H]4C=C[C@H]([C@H]5C[C@H]45)[C@@H]3C2=O)C(=O)C(F)(F)F)c1. The van der Waals surface area contributed by atoms with Gasteiger partial charge in [0, 0.05) is 5.69 Å². The van der Waals surface area contributed by atoms with E-state index < -0.39 is 42.4 Å². The second-order valence-corrected chi connectivity index (χ2v) is 8.98. The summed E-state index contributed by atoms with van der Waals surface area (Å²) in [5.41, 5.74) is 1.38. The van der Waals surface area contributed by atoms with Crippen LogP contribution in [0.25, 0.3) is 0 Å². The number of aryl methyl sites for hydroxylation is 2. The highest BCUT2D eigenvalue weighted by molar-refractivity contribution is 6.07. The molecule has 1 aromatic rings. The van der Waals surface area contributed by atoms with Crippen LogP contribution in [0.4, 0.5) is 18.9 Å². The van der Waals surface area contributed by atoms with Gasteiger partial charge in [-0.2, -0.15) is 13.2 Å². The summed E-state index contributed by atoms with van der Waals surface area (Å²) >= 11 is 0. The molecule has 6 atom stereocenters. The van der Waals surface area contributed by atoms with Crippen molar-refractivity contribution in [1.82, 2.24) is 4.90 Å². The Morgan fingerprint density at radius 3 is 1.97 bits per heavy atom. The molecule has 6 rings (SSSR count). The minimum atomic E-state index is -5.13. The van der Waals surface area contributed by atoms with Crippen molar-refractivity contribution in [2.24, 2.45) is 35.5 Å². The summed E-state index contributed by atoms with van der Waals surface area (Å²) in [6.07, 6.45) is -0.135.